The van der Waals surface area contributed by atoms with E-state index in [-0.39, 0.29) is 10.3 Å². The van der Waals surface area contributed by atoms with Gasteiger partial charge in [-0.15, -0.1) is 0 Å². The van der Waals surface area contributed by atoms with Gasteiger partial charge in [0.2, 0.25) is 0 Å². The molecule has 10 heteroatoms. The zero-order valence-corrected chi connectivity index (χ0v) is 10.5. The van der Waals surface area contributed by atoms with Gasteiger partial charge in [-0.05, 0) is 12.1 Å². The number of aromatic carboxylic acids is 1. The highest BCUT2D eigenvalue weighted by Crippen LogP contribution is 2.34. The number of carboxylic acids is 1. The van der Waals surface area contributed by atoms with Gasteiger partial charge in [-0.2, -0.15) is 18.3 Å². The molecule has 0 aromatic carbocycles. The first-order valence-corrected chi connectivity index (χ1v) is 5.81. The third-order valence-electron chi connectivity index (χ3n) is 2.96. The predicted molar refractivity (Wildman–Crippen MR) is 64.2 cm³/mol. The molecule has 6 nitrogen and oxygen atoms in total. The number of aromatic nitrogens is 4. The first-order valence-electron chi connectivity index (χ1n) is 5.81. The van der Waals surface area contributed by atoms with E-state index in [2.05, 4.69) is 10.1 Å². The summed E-state index contributed by atoms with van der Waals surface area (Å²) in [6.07, 6.45) is -1.98. The molecule has 0 saturated heterocycles. The fraction of sp³-hybridized carbons (Fsp3) is 0.0833. The number of alkyl halides is 3. The number of carboxylic acid groups (broad SMARTS) is 1. The maximum atomic E-state index is 14.0. The van der Waals surface area contributed by atoms with Crippen LogP contribution in [-0.4, -0.2) is 30.2 Å². The Morgan fingerprint density at radius 2 is 2.00 bits per heavy atom. The molecule has 0 amide bonds. The minimum atomic E-state index is -5.03. The molecule has 114 valence electrons. The van der Waals surface area contributed by atoms with Crippen molar-refractivity contribution in [2.75, 3.05) is 0 Å². The van der Waals surface area contributed by atoms with Crippen molar-refractivity contribution in [3.05, 3.63) is 47.8 Å². The monoisotopic (exact) mass is 314 g/mol. The molecule has 0 radical (unpaired) electrons. The maximum absolute atomic E-state index is 14.0. The van der Waals surface area contributed by atoms with Crippen LogP contribution in [0.15, 0.2) is 30.7 Å². The van der Waals surface area contributed by atoms with Crippen molar-refractivity contribution in [2.45, 2.75) is 6.18 Å². The van der Waals surface area contributed by atoms with Gasteiger partial charge in [0.1, 0.15) is 11.2 Å². The van der Waals surface area contributed by atoms with Crippen LogP contribution in [0.1, 0.15) is 16.1 Å². The Labute approximate surface area is 119 Å². The smallest absolute Gasteiger partial charge is 0.434 e. The van der Waals surface area contributed by atoms with E-state index >= 15 is 0 Å². The van der Waals surface area contributed by atoms with E-state index in [1.807, 2.05) is 0 Å². The van der Waals surface area contributed by atoms with Crippen LogP contribution in [0, 0.1) is 5.82 Å². The van der Waals surface area contributed by atoms with E-state index in [1.165, 1.54) is 18.5 Å². The molecule has 0 bridgehead atoms. The highest BCUT2D eigenvalue weighted by molar-refractivity contribution is 5.89. The van der Waals surface area contributed by atoms with Crippen LogP contribution >= 0.6 is 0 Å². The van der Waals surface area contributed by atoms with Gasteiger partial charge in [-0.3, -0.25) is 4.40 Å². The average Bonchev–Trinajstić information content (AvgIpc) is 3.03. The minimum Gasteiger partial charge on any atom is -0.478 e. The molecule has 0 aliphatic heterocycles. The number of nitrogens with zero attached hydrogens (tertiary/aromatic N) is 4. The molecule has 0 aliphatic carbocycles. The van der Waals surface area contributed by atoms with Gasteiger partial charge in [0.05, 0.1) is 6.20 Å². The zero-order chi connectivity index (χ0) is 16.1. The Kier molecular flexibility index (Phi) is 2.90. The van der Waals surface area contributed by atoms with Gasteiger partial charge in [0.15, 0.2) is 17.3 Å². The average molecular weight is 314 g/mol. The summed E-state index contributed by atoms with van der Waals surface area (Å²) in [7, 11) is 0. The molecular formula is C12H6F4N4O2. The quantitative estimate of drug-likeness (QED) is 0.737. The van der Waals surface area contributed by atoms with Gasteiger partial charge < -0.3 is 5.11 Å². The highest BCUT2D eigenvalue weighted by Gasteiger charge is 2.41. The number of halogens is 4. The number of rotatable bonds is 2. The van der Waals surface area contributed by atoms with Crippen LogP contribution in [0.2, 0.25) is 0 Å². The third kappa shape index (κ3) is 2.00. The largest absolute Gasteiger partial charge is 0.478 e. The Morgan fingerprint density at radius 3 is 2.64 bits per heavy atom. The Bertz CT molecular complexity index is 881. The number of imidazole rings is 1. The number of pyridine rings is 1. The molecule has 3 heterocycles. The molecule has 0 fully saturated rings. The molecule has 0 aliphatic rings. The van der Waals surface area contributed by atoms with Crippen molar-refractivity contribution < 1.29 is 27.5 Å². The van der Waals surface area contributed by atoms with Crippen molar-refractivity contribution >= 4 is 11.6 Å². The van der Waals surface area contributed by atoms with E-state index in [0.29, 0.717) is 6.20 Å². The summed E-state index contributed by atoms with van der Waals surface area (Å²) in [6, 6.07) is 2.20. The lowest BCUT2D eigenvalue weighted by atomic mass is 10.2. The maximum Gasteiger partial charge on any atom is 0.434 e. The van der Waals surface area contributed by atoms with E-state index in [4.69, 9.17) is 5.11 Å². The summed E-state index contributed by atoms with van der Waals surface area (Å²) < 4.78 is 54.8. The summed E-state index contributed by atoms with van der Waals surface area (Å²) in [6.45, 7) is 0. The number of hydrogen-bond acceptors (Lipinski definition) is 3. The fourth-order valence-corrected chi connectivity index (χ4v) is 2.10. The third-order valence-corrected chi connectivity index (χ3v) is 2.96. The van der Waals surface area contributed by atoms with Crippen LogP contribution < -0.4 is 0 Å². The van der Waals surface area contributed by atoms with Crippen molar-refractivity contribution in [3.8, 4) is 5.82 Å². The second kappa shape index (κ2) is 4.55. The lowest BCUT2D eigenvalue weighted by molar-refractivity contribution is -0.143. The van der Waals surface area contributed by atoms with Gasteiger partial charge in [-0.25, -0.2) is 18.9 Å². The predicted octanol–water partition coefficient (Wildman–Crippen LogP) is 2.38. The highest BCUT2D eigenvalue weighted by atomic mass is 19.4. The van der Waals surface area contributed by atoms with Gasteiger partial charge >= 0.3 is 12.1 Å². The summed E-state index contributed by atoms with van der Waals surface area (Å²) in [5, 5.41) is 12.3. The molecule has 3 aromatic heterocycles. The van der Waals surface area contributed by atoms with Gasteiger partial charge in [0, 0.05) is 12.4 Å². The van der Waals surface area contributed by atoms with Crippen LogP contribution in [0.25, 0.3) is 11.5 Å². The summed E-state index contributed by atoms with van der Waals surface area (Å²) >= 11 is 0. The second-order valence-corrected chi connectivity index (χ2v) is 4.28. The van der Waals surface area contributed by atoms with Crippen molar-refractivity contribution in [1.82, 2.24) is 19.2 Å². The number of carbonyl (C=O) groups is 1. The molecule has 22 heavy (non-hydrogen) atoms. The van der Waals surface area contributed by atoms with Crippen LogP contribution in [0.4, 0.5) is 17.6 Å². The van der Waals surface area contributed by atoms with E-state index in [9.17, 15) is 22.4 Å². The fourth-order valence-electron chi connectivity index (χ4n) is 2.10. The van der Waals surface area contributed by atoms with Crippen molar-refractivity contribution in [1.29, 1.82) is 0 Å². The molecule has 3 aromatic rings. The normalized spacial score (nSPS) is 12.0. The van der Waals surface area contributed by atoms with Crippen LogP contribution in [-0.2, 0) is 6.18 Å². The number of fused-ring (bicyclic) bond motifs is 1. The number of hydrogen-bond donors (Lipinski definition) is 1. The SMILES string of the molecule is O=C(O)c1cnn(-c2c(F)ccc3nccn23)c1C(F)(F)F. The summed E-state index contributed by atoms with van der Waals surface area (Å²) in [5.74, 6) is -3.39. The van der Waals surface area contributed by atoms with E-state index < -0.39 is 35.0 Å². The molecular weight excluding hydrogens is 308 g/mol. The molecule has 3 rings (SSSR count). The Balaban J connectivity index is 2.39. The van der Waals surface area contributed by atoms with Crippen molar-refractivity contribution in [3.63, 3.8) is 0 Å². The lowest BCUT2D eigenvalue weighted by Crippen LogP contribution is -2.19. The molecule has 0 unspecified atom stereocenters. The molecule has 0 spiro atoms. The standard InChI is InChI=1S/C12H6F4N4O2/c13-7-1-2-8-17-3-4-19(8)10(7)20-9(12(14,15)16)6(5-18-20)11(21)22/h1-5H,(H,21,22). The lowest BCUT2D eigenvalue weighted by Gasteiger charge is -2.13. The van der Waals surface area contributed by atoms with Crippen molar-refractivity contribution in [2.24, 2.45) is 0 Å². The first kappa shape index (κ1) is 14.0. The Morgan fingerprint density at radius 1 is 1.27 bits per heavy atom. The summed E-state index contributed by atoms with van der Waals surface area (Å²) in [4.78, 5) is 14.8. The second-order valence-electron chi connectivity index (χ2n) is 4.28. The molecule has 1 N–H and O–H groups in total. The van der Waals surface area contributed by atoms with E-state index in [1.54, 1.807) is 0 Å². The first-order chi connectivity index (χ1) is 10.3. The summed E-state index contributed by atoms with van der Waals surface area (Å²) in [5.41, 5.74) is -2.44. The minimum absolute atomic E-state index is 0.192. The van der Waals surface area contributed by atoms with E-state index in [0.717, 1.165) is 10.5 Å². The van der Waals surface area contributed by atoms with Crippen LogP contribution in [0.5, 0.6) is 0 Å². The van der Waals surface area contributed by atoms with Gasteiger partial charge in [0.25, 0.3) is 0 Å². The van der Waals surface area contributed by atoms with Gasteiger partial charge in [-0.1, -0.05) is 0 Å². The van der Waals surface area contributed by atoms with Crippen LogP contribution in [0.3, 0.4) is 0 Å². The molecule has 0 saturated carbocycles. The molecule has 0 atom stereocenters. The Hall–Kier alpha value is -2.91. The topological polar surface area (TPSA) is 72.4 Å². The zero-order valence-electron chi connectivity index (χ0n) is 10.5.